The number of carboxylic acids is 1. The highest BCUT2D eigenvalue weighted by atomic mass is 19.4. The zero-order valence-electron chi connectivity index (χ0n) is 20.5. The number of benzene rings is 2. The lowest BCUT2D eigenvalue weighted by atomic mass is 9.96. The van der Waals surface area contributed by atoms with Gasteiger partial charge in [0.1, 0.15) is 11.5 Å². The molecule has 0 saturated heterocycles. The summed E-state index contributed by atoms with van der Waals surface area (Å²) < 4.78 is 48.5. The number of carboxylic acid groups (broad SMARTS) is 1. The number of allylic oxidation sites excluding steroid dienone is 1. The van der Waals surface area contributed by atoms with E-state index in [1.54, 1.807) is 19.1 Å². The normalized spacial score (nSPS) is 16.4. The van der Waals surface area contributed by atoms with Crippen LogP contribution in [0.15, 0.2) is 54.2 Å². The summed E-state index contributed by atoms with van der Waals surface area (Å²) in [5.74, 6) is -2.88. The lowest BCUT2D eigenvalue weighted by Crippen LogP contribution is -2.56. The fraction of sp³-hybridized carbons (Fsp3) is 0.280. The van der Waals surface area contributed by atoms with Crippen molar-refractivity contribution < 1.29 is 46.9 Å². The highest BCUT2D eigenvalue weighted by Gasteiger charge is 2.35. The minimum Gasteiger partial charge on any atom is -0.497 e. The second-order valence-corrected chi connectivity index (χ2v) is 8.32. The number of carbonyl (C=O) groups excluding carboxylic acids is 3. The molecule has 10 nitrogen and oxygen atoms in total. The lowest BCUT2D eigenvalue weighted by Gasteiger charge is -2.28. The van der Waals surface area contributed by atoms with E-state index in [-0.39, 0.29) is 16.7 Å². The number of rotatable bonds is 8. The van der Waals surface area contributed by atoms with Gasteiger partial charge in [-0.15, -0.1) is 13.2 Å². The van der Waals surface area contributed by atoms with Gasteiger partial charge in [-0.25, -0.2) is 4.79 Å². The minimum absolute atomic E-state index is 0.0452. The smallest absolute Gasteiger partial charge is 0.497 e. The van der Waals surface area contributed by atoms with Crippen molar-refractivity contribution in [2.24, 2.45) is 0 Å². The molecule has 202 valence electrons. The highest BCUT2D eigenvalue weighted by molar-refractivity contribution is 6.15. The fourth-order valence-electron chi connectivity index (χ4n) is 3.76. The summed E-state index contributed by atoms with van der Waals surface area (Å²) in [6.07, 6.45) is -4.48. The molecular formula is C25H24F3N3O7. The van der Waals surface area contributed by atoms with Crippen molar-refractivity contribution in [3.8, 4) is 22.6 Å². The third kappa shape index (κ3) is 6.81. The van der Waals surface area contributed by atoms with Crippen LogP contribution in [0.4, 0.5) is 18.0 Å². The van der Waals surface area contributed by atoms with E-state index in [2.05, 4.69) is 15.4 Å². The van der Waals surface area contributed by atoms with Crippen molar-refractivity contribution >= 4 is 23.7 Å². The standard InChI is InChI=1S/C25H24F3N3O7/c1-13-9-19(32)22(23(35)31(13)2)30-24(36)29-18(12-21(33)34)15-7-8-20(38-25(26,27)28)17(11-15)14-5-4-6-16(10-14)37-3/h4-11,18,22H,12H2,1-3H3,(H,33,34)(H2,29,30,36). The van der Waals surface area contributed by atoms with Gasteiger partial charge in [-0.2, -0.15) is 0 Å². The lowest BCUT2D eigenvalue weighted by molar-refractivity contribution is -0.274. The first-order valence-electron chi connectivity index (χ1n) is 11.1. The summed E-state index contributed by atoms with van der Waals surface area (Å²) in [5.41, 5.74) is 0.737. The maximum Gasteiger partial charge on any atom is 0.573 e. The molecule has 0 radical (unpaired) electrons. The zero-order chi connectivity index (χ0) is 28.2. The predicted molar refractivity (Wildman–Crippen MR) is 127 cm³/mol. The minimum atomic E-state index is -5.01. The van der Waals surface area contributed by atoms with Gasteiger partial charge in [0.15, 0.2) is 11.8 Å². The molecular weight excluding hydrogens is 511 g/mol. The molecule has 2 aromatic rings. The van der Waals surface area contributed by atoms with Crippen LogP contribution in [0.25, 0.3) is 11.1 Å². The Morgan fingerprint density at radius 3 is 2.50 bits per heavy atom. The van der Waals surface area contributed by atoms with Gasteiger partial charge < -0.3 is 30.1 Å². The predicted octanol–water partition coefficient (Wildman–Crippen LogP) is 3.39. The quantitative estimate of drug-likeness (QED) is 0.441. The number of nitrogens with one attached hydrogen (secondary N) is 2. The second kappa shape index (κ2) is 11.2. The first kappa shape index (κ1) is 28.0. The van der Waals surface area contributed by atoms with Crippen molar-refractivity contribution in [2.75, 3.05) is 14.2 Å². The Bertz CT molecular complexity index is 1290. The summed E-state index contributed by atoms with van der Waals surface area (Å²) in [5, 5.41) is 14.0. The molecule has 0 aromatic heterocycles. The molecule has 3 rings (SSSR count). The third-order valence-corrected chi connectivity index (χ3v) is 5.71. The van der Waals surface area contributed by atoms with E-state index in [1.165, 1.54) is 49.4 Å². The topological polar surface area (TPSA) is 134 Å². The van der Waals surface area contributed by atoms with E-state index in [1.807, 2.05) is 0 Å². The Labute approximate surface area is 215 Å². The number of amides is 3. The number of carbonyl (C=O) groups is 4. The van der Waals surface area contributed by atoms with Gasteiger partial charge in [0.25, 0.3) is 5.91 Å². The van der Waals surface area contributed by atoms with Crippen LogP contribution in [-0.4, -0.2) is 60.3 Å². The molecule has 13 heteroatoms. The largest absolute Gasteiger partial charge is 0.573 e. The van der Waals surface area contributed by atoms with Gasteiger partial charge in [0, 0.05) is 24.4 Å². The number of hydrogen-bond acceptors (Lipinski definition) is 6. The highest BCUT2D eigenvalue weighted by Crippen LogP contribution is 2.37. The van der Waals surface area contributed by atoms with Crippen molar-refractivity contribution in [3.63, 3.8) is 0 Å². The molecule has 1 aliphatic rings. The van der Waals surface area contributed by atoms with Gasteiger partial charge in [-0.05, 0) is 42.3 Å². The van der Waals surface area contributed by atoms with Gasteiger partial charge in [0.2, 0.25) is 0 Å². The number of alkyl halides is 3. The molecule has 2 unspecified atom stereocenters. The van der Waals surface area contributed by atoms with Crippen LogP contribution in [-0.2, 0) is 14.4 Å². The van der Waals surface area contributed by atoms with Gasteiger partial charge in [-0.1, -0.05) is 18.2 Å². The van der Waals surface area contributed by atoms with Gasteiger partial charge >= 0.3 is 18.4 Å². The number of urea groups is 1. The van der Waals surface area contributed by atoms with E-state index in [0.717, 1.165) is 6.07 Å². The molecule has 0 bridgehead atoms. The summed E-state index contributed by atoms with van der Waals surface area (Å²) in [6, 6.07) is 5.72. The van der Waals surface area contributed by atoms with Gasteiger partial charge in [0.05, 0.1) is 19.6 Å². The van der Waals surface area contributed by atoms with Crippen molar-refractivity contribution in [2.45, 2.75) is 31.8 Å². The molecule has 1 aliphatic heterocycles. The molecule has 2 atom stereocenters. The van der Waals surface area contributed by atoms with Crippen LogP contribution >= 0.6 is 0 Å². The molecule has 38 heavy (non-hydrogen) atoms. The molecule has 0 fully saturated rings. The van der Waals surface area contributed by atoms with E-state index in [0.29, 0.717) is 11.4 Å². The van der Waals surface area contributed by atoms with Crippen molar-refractivity contribution in [1.82, 2.24) is 15.5 Å². The molecule has 3 amide bonds. The number of likely N-dealkylation sites (N-methyl/N-ethyl adjacent to an activating group) is 1. The number of hydrogen-bond donors (Lipinski definition) is 3. The van der Waals surface area contributed by atoms with Crippen LogP contribution in [0.1, 0.15) is 24.9 Å². The third-order valence-electron chi connectivity index (χ3n) is 5.71. The number of nitrogens with zero attached hydrogens (tertiary/aromatic N) is 1. The molecule has 1 heterocycles. The number of methoxy groups -OCH3 is 1. The summed E-state index contributed by atoms with van der Waals surface area (Å²) >= 11 is 0. The Morgan fingerprint density at radius 1 is 1.16 bits per heavy atom. The first-order chi connectivity index (χ1) is 17.8. The Hall–Kier alpha value is -4.55. The van der Waals surface area contributed by atoms with E-state index >= 15 is 0 Å². The van der Waals surface area contributed by atoms with E-state index in [4.69, 9.17) is 4.74 Å². The average molecular weight is 535 g/mol. The van der Waals surface area contributed by atoms with Crippen LogP contribution in [0.2, 0.25) is 0 Å². The van der Waals surface area contributed by atoms with Crippen molar-refractivity contribution in [3.05, 3.63) is 59.8 Å². The maximum atomic E-state index is 13.1. The number of halogens is 3. The first-order valence-corrected chi connectivity index (χ1v) is 11.1. The molecule has 0 aliphatic carbocycles. The summed E-state index contributed by atoms with van der Waals surface area (Å²) in [4.78, 5) is 50.1. The molecule has 3 N–H and O–H groups in total. The Kier molecular flexibility index (Phi) is 8.29. The van der Waals surface area contributed by atoms with Crippen LogP contribution < -0.4 is 20.1 Å². The molecule has 0 spiro atoms. The zero-order valence-corrected chi connectivity index (χ0v) is 20.5. The Morgan fingerprint density at radius 2 is 1.87 bits per heavy atom. The average Bonchev–Trinajstić information content (AvgIpc) is 2.84. The maximum absolute atomic E-state index is 13.1. The SMILES string of the molecule is COc1cccc(-c2cc(C(CC(=O)O)NC(=O)NC3C(=O)C=C(C)N(C)C3=O)ccc2OC(F)(F)F)c1. The molecule has 0 saturated carbocycles. The van der Waals surface area contributed by atoms with Crippen LogP contribution in [0.3, 0.4) is 0 Å². The second-order valence-electron chi connectivity index (χ2n) is 8.32. The van der Waals surface area contributed by atoms with E-state index in [9.17, 15) is 37.5 Å². The van der Waals surface area contributed by atoms with Gasteiger partial charge in [-0.3, -0.25) is 14.4 Å². The summed E-state index contributed by atoms with van der Waals surface area (Å²) in [7, 11) is 2.80. The van der Waals surface area contributed by atoms with Crippen LogP contribution in [0.5, 0.6) is 11.5 Å². The molecule has 2 aromatic carbocycles. The number of aliphatic carboxylic acids is 1. The fourth-order valence-corrected chi connectivity index (χ4v) is 3.76. The van der Waals surface area contributed by atoms with Crippen LogP contribution in [0, 0.1) is 0 Å². The summed E-state index contributed by atoms with van der Waals surface area (Å²) in [6.45, 7) is 1.54. The van der Waals surface area contributed by atoms with Crippen molar-refractivity contribution in [1.29, 1.82) is 0 Å². The number of ketones is 1. The monoisotopic (exact) mass is 535 g/mol. The number of ether oxygens (including phenoxy) is 2. The Balaban J connectivity index is 1.95. The van der Waals surface area contributed by atoms with E-state index < -0.39 is 54.3 Å².